The van der Waals surface area contributed by atoms with Crippen LogP contribution in [0.25, 0.3) is 0 Å². The van der Waals surface area contributed by atoms with Crippen LogP contribution in [0.3, 0.4) is 0 Å². The summed E-state index contributed by atoms with van der Waals surface area (Å²) in [5, 5.41) is 0.842. The standard InChI is InChI=1S/C36H26Cl2N4O8S2/c37-19-7-11-21(12-8-19)39-51(47,48)25-5-1-3-23(17-25)41-33(43)29-27-15-16-28(30(29)34(41)44)32-31(27)35(45)42(36(32)46)24-4-2-6-26(18-24)52(49,50)40-22-13-9-20(38)10-14-22/h1-18,27-32,39-40H/t27?,28?,29-,30-,31-,32+/m0/s1. The summed E-state index contributed by atoms with van der Waals surface area (Å²) in [6, 6.07) is 22.9. The van der Waals surface area contributed by atoms with E-state index in [1.54, 1.807) is 12.2 Å². The van der Waals surface area contributed by atoms with Gasteiger partial charge in [-0.25, -0.2) is 26.6 Å². The number of rotatable bonds is 8. The lowest BCUT2D eigenvalue weighted by Gasteiger charge is -2.44. The van der Waals surface area contributed by atoms with Gasteiger partial charge in [0.2, 0.25) is 23.6 Å². The predicted molar refractivity (Wildman–Crippen MR) is 192 cm³/mol. The van der Waals surface area contributed by atoms with Gasteiger partial charge in [0.05, 0.1) is 44.8 Å². The molecule has 0 radical (unpaired) electrons. The Balaban J connectivity index is 1.06. The number of carbonyl (C=O) groups is 4. The number of nitrogens with one attached hydrogen (secondary N) is 2. The number of imide groups is 2. The van der Waals surface area contributed by atoms with Crippen LogP contribution in [0.1, 0.15) is 0 Å². The lowest BCUT2D eigenvalue weighted by atomic mass is 9.54. The van der Waals surface area contributed by atoms with E-state index in [9.17, 15) is 36.0 Å². The minimum absolute atomic E-state index is 0.0393. The van der Waals surface area contributed by atoms with Gasteiger partial charge < -0.3 is 0 Å². The molecule has 3 aliphatic carbocycles. The molecule has 16 heteroatoms. The van der Waals surface area contributed by atoms with Crippen LogP contribution in [0, 0.1) is 35.5 Å². The molecule has 2 N–H and O–H groups in total. The highest BCUT2D eigenvalue weighted by Crippen LogP contribution is 2.58. The molecule has 0 spiro atoms. The highest BCUT2D eigenvalue weighted by Gasteiger charge is 2.69. The molecule has 2 unspecified atom stereocenters. The van der Waals surface area contributed by atoms with Crippen molar-refractivity contribution < 1.29 is 36.0 Å². The van der Waals surface area contributed by atoms with E-state index in [-0.39, 0.29) is 32.5 Å². The highest BCUT2D eigenvalue weighted by molar-refractivity contribution is 7.93. The summed E-state index contributed by atoms with van der Waals surface area (Å²) in [7, 11) is -8.27. The Kier molecular flexibility index (Phi) is 8.06. The van der Waals surface area contributed by atoms with Crippen molar-refractivity contribution in [3.8, 4) is 0 Å². The molecular weight excluding hydrogens is 751 g/mol. The van der Waals surface area contributed by atoms with E-state index in [2.05, 4.69) is 9.44 Å². The number of nitrogens with zero attached hydrogens (tertiary/aromatic N) is 2. The molecule has 2 saturated heterocycles. The van der Waals surface area contributed by atoms with Crippen LogP contribution in [-0.4, -0.2) is 40.5 Å². The summed E-state index contributed by atoms with van der Waals surface area (Å²) < 4.78 is 57.9. The van der Waals surface area contributed by atoms with E-state index in [0.717, 1.165) is 9.80 Å². The number of halogens is 2. The van der Waals surface area contributed by atoms with Gasteiger partial charge in [0.25, 0.3) is 20.0 Å². The van der Waals surface area contributed by atoms with Crippen molar-refractivity contribution in [1.29, 1.82) is 0 Å². The molecule has 5 aliphatic rings. The van der Waals surface area contributed by atoms with Crippen molar-refractivity contribution in [2.24, 2.45) is 35.5 Å². The van der Waals surface area contributed by atoms with Gasteiger partial charge in [-0.1, -0.05) is 47.5 Å². The maximum atomic E-state index is 14.1. The second-order valence-corrected chi connectivity index (χ2v) is 17.1. The molecule has 9 rings (SSSR count). The fourth-order valence-corrected chi connectivity index (χ4v) is 10.2. The molecule has 4 aromatic rings. The van der Waals surface area contributed by atoms with E-state index in [4.69, 9.17) is 23.2 Å². The molecule has 4 aromatic carbocycles. The van der Waals surface area contributed by atoms with E-state index in [1.165, 1.54) is 97.1 Å². The largest absolute Gasteiger partial charge is 0.280 e. The van der Waals surface area contributed by atoms with Gasteiger partial charge >= 0.3 is 0 Å². The Morgan fingerprint density at radius 3 is 1.13 bits per heavy atom. The minimum atomic E-state index is -4.13. The molecule has 12 nitrogen and oxygen atoms in total. The van der Waals surface area contributed by atoms with Crippen LogP contribution in [-0.2, 0) is 39.2 Å². The summed E-state index contributed by atoms with van der Waals surface area (Å²) in [5.74, 6) is -7.90. The smallest absolute Gasteiger partial charge is 0.261 e. The Morgan fingerprint density at radius 1 is 0.481 bits per heavy atom. The topological polar surface area (TPSA) is 167 Å². The monoisotopic (exact) mass is 776 g/mol. The van der Waals surface area contributed by atoms with Crippen molar-refractivity contribution in [3.05, 3.63) is 119 Å². The van der Waals surface area contributed by atoms with Crippen molar-refractivity contribution in [3.63, 3.8) is 0 Å². The summed E-state index contributed by atoms with van der Waals surface area (Å²) in [6.07, 6.45) is 3.40. The number of carbonyl (C=O) groups excluding carboxylic acids is 4. The van der Waals surface area contributed by atoms with Crippen LogP contribution in [0.2, 0.25) is 10.0 Å². The fraction of sp³-hybridized carbons (Fsp3) is 0.167. The van der Waals surface area contributed by atoms with Gasteiger partial charge in [0.1, 0.15) is 0 Å². The van der Waals surface area contributed by atoms with E-state index in [1.807, 2.05) is 0 Å². The molecule has 2 bridgehead atoms. The molecule has 52 heavy (non-hydrogen) atoms. The van der Waals surface area contributed by atoms with Gasteiger partial charge in [-0.2, -0.15) is 0 Å². The highest BCUT2D eigenvalue weighted by atomic mass is 35.5. The average molecular weight is 778 g/mol. The Hall–Kier alpha value is -5.02. The second kappa shape index (κ2) is 12.3. The molecule has 3 fully saturated rings. The van der Waals surface area contributed by atoms with Crippen molar-refractivity contribution in [2.45, 2.75) is 9.79 Å². The van der Waals surface area contributed by atoms with Gasteiger partial charge in [-0.15, -0.1) is 0 Å². The van der Waals surface area contributed by atoms with Gasteiger partial charge in [0.15, 0.2) is 0 Å². The number of benzene rings is 4. The van der Waals surface area contributed by atoms with Crippen LogP contribution >= 0.6 is 23.2 Å². The first-order valence-corrected chi connectivity index (χ1v) is 19.7. The first-order chi connectivity index (χ1) is 24.7. The molecule has 264 valence electrons. The lowest BCUT2D eigenvalue weighted by Crippen LogP contribution is -2.50. The summed E-state index contributed by atoms with van der Waals surface area (Å²) in [5.41, 5.74) is 0.597. The van der Waals surface area contributed by atoms with E-state index in [0.29, 0.717) is 10.0 Å². The molecule has 6 atom stereocenters. The molecule has 1 saturated carbocycles. The van der Waals surface area contributed by atoms with Crippen LogP contribution in [0.5, 0.6) is 0 Å². The first kappa shape index (κ1) is 34.1. The number of hydrogen-bond acceptors (Lipinski definition) is 8. The van der Waals surface area contributed by atoms with Gasteiger partial charge in [-0.05, 0) is 84.9 Å². The number of amides is 4. The van der Waals surface area contributed by atoms with Crippen molar-refractivity contribution in [1.82, 2.24) is 0 Å². The fourth-order valence-electron chi connectivity index (χ4n) is 7.78. The van der Waals surface area contributed by atoms with Crippen molar-refractivity contribution in [2.75, 3.05) is 19.2 Å². The zero-order valence-corrected chi connectivity index (χ0v) is 29.7. The minimum Gasteiger partial charge on any atom is -0.280 e. The SMILES string of the molecule is O=C1[C@@H]2C3C=CC([C@@H]2C(=O)N1c1cccc(S(=O)(=O)Nc2ccc(Cl)cc2)c1)[C@@H]1C(=O)N(c2cccc(S(=O)(=O)Nc4ccc(Cl)cc4)c2)C(=O)[C@@H]31. The quantitative estimate of drug-likeness (QED) is 0.179. The average Bonchev–Trinajstić information content (AvgIpc) is 3.57. The van der Waals surface area contributed by atoms with Gasteiger partial charge in [0, 0.05) is 33.3 Å². The Bertz CT molecular complexity index is 2240. The predicted octanol–water partition coefficient (Wildman–Crippen LogP) is 5.32. The summed E-state index contributed by atoms with van der Waals surface area (Å²) >= 11 is 11.8. The van der Waals surface area contributed by atoms with Crippen molar-refractivity contribution >= 4 is 89.6 Å². The van der Waals surface area contributed by atoms with Gasteiger partial charge in [-0.3, -0.25) is 28.6 Å². The third-order valence-electron chi connectivity index (χ3n) is 9.98. The lowest BCUT2D eigenvalue weighted by molar-refractivity contribution is -0.137. The molecule has 2 heterocycles. The van der Waals surface area contributed by atoms with E-state index < -0.39 is 79.2 Å². The Morgan fingerprint density at radius 2 is 0.808 bits per heavy atom. The number of sulfonamides is 2. The zero-order valence-electron chi connectivity index (χ0n) is 26.6. The second-order valence-electron chi connectivity index (χ2n) is 12.9. The Labute approximate surface area is 308 Å². The molecule has 0 aromatic heterocycles. The number of allylic oxidation sites excluding steroid dienone is 2. The van der Waals surface area contributed by atoms with Crippen LogP contribution in [0.4, 0.5) is 22.7 Å². The summed E-state index contributed by atoms with van der Waals surface area (Å²) in [4.78, 5) is 57.8. The third kappa shape index (κ3) is 5.48. The normalized spacial score (nSPS) is 25.0. The van der Waals surface area contributed by atoms with Crippen LogP contribution in [0.15, 0.2) is 119 Å². The maximum absolute atomic E-state index is 14.1. The third-order valence-corrected chi connectivity index (χ3v) is 13.2. The zero-order chi connectivity index (χ0) is 36.7. The first-order valence-electron chi connectivity index (χ1n) is 16.0. The molecular formula is C36H26Cl2N4O8S2. The van der Waals surface area contributed by atoms with E-state index >= 15 is 0 Å². The maximum Gasteiger partial charge on any atom is 0.261 e. The number of anilines is 4. The molecule has 4 amide bonds. The molecule has 2 aliphatic heterocycles. The number of hydrogen-bond donors (Lipinski definition) is 2. The summed E-state index contributed by atoms with van der Waals surface area (Å²) in [6.45, 7) is 0. The van der Waals surface area contributed by atoms with Crippen LogP contribution < -0.4 is 19.2 Å².